The maximum atomic E-state index is 12.4. The fraction of sp³-hybridized carbons (Fsp3) is 0.125. The van der Waals surface area contributed by atoms with Gasteiger partial charge in [0, 0.05) is 25.7 Å². The van der Waals surface area contributed by atoms with E-state index in [4.69, 9.17) is 4.42 Å². The fourth-order valence-corrected chi connectivity index (χ4v) is 2.04. The third kappa shape index (κ3) is 3.52. The Balaban J connectivity index is 1.75. The zero-order valence-corrected chi connectivity index (χ0v) is 12.5. The maximum Gasteiger partial charge on any atom is 0.272 e. The van der Waals surface area contributed by atoms with Crippen molar-refractivity contribution in [3.8, 4) is 0 Å². The predicted molar refractivity (Wildman–Crippen MR) is 84.6 cm³/mol. The zero-order valence-electron chi connectivity index (χ0n) is 12.5. The average Bonchev–Trinajstić information content (AvgIpc) is 3.21. The first kappa shape index (κ1) is 14.7. The van der Waals surface area contributed by atoms with Gasteiger partial charge in [-0.25, -0.2) is 0 Å². The number of pyridine rings is 1. The Morgan fingerprint density at radius 2 is 2.22 bits per heavy atom. The fourth-order valence-electron chi connectivity index (χ4n) is 2.04. The van der Waals surface area contributed by atoms with Crippen molar-refractivity contribution in [2.75, 3.05) is 0 Å². The summed E-state index contributed by atoms with van der Waals surface area (Å²) in [4.78, 5) is 20.6. The molecule has 3 rings (SSSR count). The molecule has 0 bridgehead atoms. The molecule has 3 aromatic rings. The van der Waals surface area contributed by atoms with Crippen LogP contribution in [0.5, 0.6) is 0 Å². The van der Waals surface area contributed by atoms with E-state index in [-0.39, 0.29) is 5.91 Å². The minimum Gasteiger partial charge on any atom is -0.467 e. The molecule has 3 aromatic heterocycles. The number of carbonyl (C=O) groups is 1. The maximum absolute atomic E-state index is 12.4. The van der Waals surface area contributed by atoms with Gasteiger partial charge in [-0.05, 0) is 29.8 Å². The van der Waals surface area contributed by atoms with Crippen LogP contribution >= 0.6 is 0 Å². The van der Waals surface area contributed by atoms with Crippen LogP contribution in [0.3, 0.4) is 0 Å². The van der Waals surface area contributed by atoms with Crippen LogP contribution < -0.4 is 5.32 Å². The number of aryl methyl sites for hydroxylation is 1. The molecule has 0 spiro atoms. The Hall–Kier alpha value is -3.22. The van der Waals surface area contributed by atoms with Crippen LogP contribution in [0.25, 0.3) is 0 Å². The second kappa shape index (κ2) is 6.69. The van der Waals surface area contributed by atoms with Gasteiger partial charge in [-0.15, -0.1) is 0 Å². The smallest absolute Gasteiger partial charge is 0.272 e. The molecule has 0 saturated heterocycles. The van der Waals surface area contributed by atoms with Crippen molar-refractivity contribution in [1.29, 1.82) is 0 Å². The van der Waals surface area contributed by atoms with E-state index in [1.165, 1.54) is 4.68 Å². The summed E-state index contributed by atoms with van der Waals surface area (Å²) in [7, 11) is 1.70. The quantitative estimate of drug-likeness (QED) is 0.731. The van der Waals surface area contributed by atoms with Crippen LogP contribution in [0.2, 0.25) is 0 Å². The highest BCUT2D eigenvalue weighted by atomic mass is 16.3. The van der Waals surface area contributed by atoms with E-state index in [2.05, 4.69) is 20.4 Å². The normalized spacial score (nSPS) is 11.0. The standard InChI is InChI=1S/C16H15N5O2/c1-21-15(16(22)19-10-13-3-2-8-23-13)14(11-20-21)18-9-12-4-6-17-7-5-12/h2-9,11H,10H2,1H3,(H,19,22). The summed E-state index contributed by atoms with van der Waals surface area (Å²) < 4.78 is 6.69. The first-order valence-electron chi connectivity index (χ1n) is 7.00. The molecule has 7 heteroatoms. The van der Waals surface area contributed by atoms with Crippen molar-refractivity contribution in [2.24, 2.45) is 12.0 Å². The van der Waals surface area contributed by atoms with Gasteiger partial charge >= 0.3 is 0 Å². The van der Waals surface area contributed by atoms with Crippen molar-refractivity contribution in [3.63, 3.8) is 0 Å². The van der Waals surface area contributed by atoms with E-state index in [1.54, 1.807) is 50.2 Å². The topological polar surface area (TPSA) is 85.3 Å². The van der Waals surface area contributed by atoms with E-state index in [0.29, 0.717) is 23.7 Å². The number of hydrogen-bond donors (Lipinski definition) is 1. The third-order valence-electron chi connectivity index (χ3n) is 3.20. The SMILES string of the molecule is Cn1ncc(N=Cc2ccncc2)c1C(=O)NCc1ccco1. The van der Waals surface area contributed by atoms with Crippen molar-refractivity contribution >= 4 is 17.8 Å². The molecule has 0 radical (unpaired) electrons. The highest BCUT2D eigenvalue weighted by Gasteiger charge is 2.16. The number of hydrogen-bond acceptors (Lipinski definition) is 5. The highest BCUT2D eigenvalue weighted by molar-refractivity contribution is 5.98. The summed E-state index contributed by atoms with van der Waals surface area (Å²) in [6, 6.07) is 7.23. The number of aromatic nitrogens is 3. The lowest BCUT2D eigenvalue weighted by atomic mass is 10.3. The van der Waals surface area contributed by atoms with Gasteiger partial charge in [0.25, 0.3) is 5.91 Å². The number of rotatable bonds is 5. The van der Waals surface area contributed by atoms with Gasteiger partial charge in [-0.1, -0.05) is 0 Å². The summed E-state index contributed by atoms with van der Waals surface area (Å²) in [6.45, 7) is 0.310. The average molecular weight is 309 g/mol. The van der Waals surface area contributed by atoms with Gasteiger partial charge in [0.05, 0.1) is 19.0 Å². The summed E-state index contributed by atoms with van der Waals surface area (Å²) >= 11 is 0. The number of amides is 1. The van der Waals surface area contributed by atoms with Crippen LogP contribution in [0.15, 0.2) is 58.5 Å². The van der Waals surface area contributed by atoms with Gasteiger partial charge in [0.15, 0.2) is 5.69 Å². The molecular weight excluding hydrogens is 294 g/mol. The molecule has 0 unspecified atom stereocenters. The molecule has 0 aliphatic heterocycles. The molecule has 0 saturated carbocycles. The van der Waals surface area contributed by atoms with Gasteiger partial charge in [0.2, 0.25) is 0 Å². The van der Waals surface area contributed by atoms with Gasteiger partial charge < -0.3 is 9.73 Å². The number of nitrogens with zero attached hydrogens (tertiary/aromatic N) is 4. The Kier molecular flexibility index (Phi) is 4.28. The van der Waals surface area contributed by atoms with Crippen molar-refractivity contribution in [1.82, 2.24) is 20.1 Å². The molecule has 0 fully saturated rings. The molecule has 0 atom stereocenters. The predicted octanol–water partition coefficient (Wildman–Crippen LogP) is 2.09. The summed E-state index contributed by atoms with van der Waals surface area (Å²) in [6.07, 6.45) is 8.15. The number of furan rings is 1. The van der Waals surface area contributed by atoms with Gasteiger partial charge in [0.1, 0.15) is 11.4 Å². The Labute approximate surface area is 132 Å². The third-order valence-corrected chi connectivity index (χ3v) is 3.20. The van der Waals surface area contributed by atoms with Gasteiger partial charge in [-0.3, -0.25) is 19.5 Å². The van der Waals surface area contributed by atoms with E-state index >= 15 is 0 Å². The zero-order chi connectivity index (χ0) is 16.1. The van der Waals surface area contributed by atoms with Crippen molar-refractivity contribution in [2.45, 2.75) is 6.54 Å². The Bertz CT molecular complexity index is 806. The second-order valence-electron chi connectivity index (χ2n) is 4.80. The monoisotopic (exact) mass is 309 g/mol. The number of carbonyl (C=O) groups excluding carboxylic acids is 1. The lowest BCUT2D eigenvalue weighted by molar-refractivity contribution is 0.0939. The van der Waals surface area contributed by atoms with E-state index in [0.717, 1.165) is 5.56 Å². The van der Waals surface area contributed by atoms with E-state index in [1.807, 2.05) is 12.1 Å². The lowest BCUT2D eigenvalue weighted by Crippen LogP contribution is -2.25. The minimum absolute atomic E-state index is 0.261. The van der Waals surface area contributed by atoms with Crippen LogP contribution in [-0.2, 0) is 13.6 Å². The van der Waals surface area contributed by atoms with E-state index in [9.17, 15) is 4.79 Å². The van der Waals surface area contributed by atoms with Crippen LogP contribution in [-0.4, -0.2) is 26.9 Å². The lowest BCUT2D eigenvalue weighted by Gasteiger charge is -2.04. The highest BCUT2D eigenvalue weighted by Crippen LogP contribution is 2.18. The Morgan fingerprint density at radius 1 is 1.39 bits per heavy atom. The molecule has 0 aromatic carbocycles. The molecular formula is C16H15N5O2. The van der Waals surface area contributed by atoms with Crippen LogP contribution in [0.1, 0.15) is 21.8 Å². The largest absolute Gasteiger partial charge is 0.467 e. The summed E-state index contributed by atoms with van der Waals surface area (Å²) in [5, 5.41) is 6.89. The van der Waals surface area contributed by atoms with Crippen molar-refractivity contribution in [3.05, 3.63) is 66.1 Å². The molecule has 3 heterocycles. The summed E-state index contributed by atoms with van der Waals surface area (Å²) in [5.74, 6) is 0.422. The molecule has 1 amide bonds. The van der Waals surface area contributed by atoms with E-state index < -0.39 is 0 Å². The van der Waals surface area contributed by atoms with Crippen LogP contribution in [0, 0.1) is 0 Å². The minimum atomic E-state index is -0.261. The van der Waals surface area contributed by atoms with Gasteiger partial charge in [-0.2, -0.15) is 5.10 Å². The Morgan fingerprint density at radius 3 is 2.96 bits per heavy atom. The van der Waals surface area contributed by atoms with Crippen molar-refractivity contribution < 1.29 is 9.21 Å². The molecule has 0 aliphatic rings. The molecule has 7 nitrogen and oxygen atoms in total. The molecule has 1 N–H and O–H groups in total. The second-order valence-corrected chi connectivity index (χ2v) is 4.80. The van der Waals surface area contributed by atoms with Crippen LogP contribution in [0.4, 0.5) is 5.69 Å². The first-order chi connectivity index (χ1) is 11.2. The summed E-state index contributed by atoms with van der Waals surface area (Å²) in [5.41, 5.74) is 1.79. The molecule has 0 aliphatic carbocycles. The first-order valence-corrected chi connectivity index (χ1v) is 7.00. The number of aliphatic imine (C=N–C) groups is 1. The molecule has 23 heavy (non-hydrogen) atoms. The number of nitrogens with one attached hydrogen (secondary N) is 1. The molecule has 116 valence electrons.